The van der Waals surface area contributed by atoms with E-state index in [9.17, 15) is 4.79 Å². The van der Waals surface area contributed by atoms with Crippen molar-refractivity contribution in [1.29, 1.82) is 0 Å². The smallest absolute Gasteiger partial charge is 0.259 e. The third kappa shape index (κ3) is 6.25. The average molecular weight is 422 g/mol. The predicted molar refractivity (Wildman–Crippen MR) is 126 cm³/mol. The predicted octanol–water partition coefficient (Wildman–Crippen LogP) is 2.85. The summed E-state index contributed by atoms with van der Waals surface area (Å²) >= 11 is 0. The molecule has 164 valence electrons. The first-order chi connectivity index (χ1) is 15.0. The Morgan fingerprint density at radius 3 is 2.77 bits per heavy atom. The second-order valence-electron chi connectivity index (χ2n) is 7.69. The second kappa shape index (κ2) is 10.5. The van der Waals surface area contributed by atoms with Crippen molar-refractivity contribution < 1.29 is 9.53 Å². The van der Waals surface area contributed by atoms with Gasteiger partial charge in [-0.3, -0.25) is 9.79 Å². The number of aryl methyl sites for hydroxylation is 1. The van der Waals surface area contributed by atoms with Crippen molar-refractivity contribution in [2.24, 2.45) is 4.99 Å². The Balaban J connectivity index is 1.48. The molecule has 1 heterocycles. The third-order valence-corrected chi connectivity index (χ3v) is 5.05. The Hall–Kier alpha value is -3.48. The van der Waals surface area contributed by atoms with Crippen LogP contribution < -0.4 is 15.4 Å². The quantitative estimate of drug-likeness (QED) is 0.386. The molecule has 3 aromatic rings. The SMILES string of the molecule is CN=C(NCCc1c[nH]c2cc(C)ccc12)NCc1cccc(OCC(=O)N(C)C)c1. The third-order valence-electron chi connectivity index (χ3n) is 5.05. The first kappa shape index (κ1) is 22.2. The van der Waals surface area contributed by atoms with Crippen LogP contribution in [0.15, 0.2) is 53.7 Å². The number of carbonyl (C=O) groups is 1. The number of nitrogens with zero attached hydrogens (tertiary/aromatic N) is 2. The molecule has 7 heteroatoms. The maximum Gasteiger partial charge on any atom is 0.259 e. The van der Waals surface area contributed by atoms with Gasteiger partial charge in [-0.15, -0.1) is 0 Å². The molecule has 2 aromatic carbocycles. The monoisotopic (exact) mass is 421 g/mol. The molecule has 7 nitrogen and oxygen atoms in total. The Morgan fingerprint density at radius 2 is 2.00 bits per heavy atom. The number of hydrogen-bond donors (Lipinski definition) is 3. The van der Waals surface area contributed by atoms with Crippen molar-refractivity contribution in [3.63, 3.8) is 0 Å². The molecule has 3 N–H and O–H groups in total. The lowest BCUT2D eigenvalue weighted by molar-refractivity contribution is -0.130. The van der Waals surface area contributed by atoms with Gasteiger partial charge in [0.25, 0.3) is 5.91 Å². The summed E-state index contributed by atoms with van der Waals surface area (Å²) in [7, 11) is 5.18. The summed E-state index contributed by atoms with van der Waals surface area (Å²) in [5.41, 5.74) is 4.76. The van der Waals surface area contributed by atoms with Crippen molar-refractivity contribution in [2.45, 2.75) is 19.9 Å². The molecule has 0 aliphatic carbocycles. The number of carbonyl (C=O) groups excluding carboxylic acids is 1. The number of guanidine groups is 1. The Kier molecular flexibility index (Phi) is 7.54. The molecule has 0 saturated heterocycles. The molecule has 1 amide bonds. The van der Waals surface area contributed by atoms with E-state index in [0.29, 0.717) is 12.3 Å². The maximum absolute atomic E-state index is 11.7. The van der Waals surface area contributed by atoms with Gasteiger partial charge in [-0.05, 0) is 48.2 Å². The molecule has 0 radical (unpaired) electrons. The summed E-state index contributed by atoms with van der Waals surface area (Å²) < 4.78 is 5.58. The molecular formula is C24H31N5O2. The Morgan fingerprint density at radius 1 is 1.16 bits per heavy atom. The van der Waals surface area contributed by atoms with Gasteiger partial charge >= 0.3 is 0 Å². The van der Waals surface area contributed by atoms with E-state index in [1.165, 1.54) is 26.9 Å². The first-order valence-corrected chi connectivity index (χ1v) is 10.4. The highest BCUT2D eigenvalue weighted by molar-refractivity contribution is 5.84. The second-order valence-corrected chi connectivity index (χ2v) is 7.69. The molecule has 0 fully saturated rings. The van der Waals surface area contributed by atoms with E-state index in [1.807, 2.05) is 24.3 Å². The number of benzene rings is 2. The fourth-order valence-electron chi connectivity index (χ4n) is 3.25. The largest absolute Gasteiger partial charge is 0.484 e. The molecule has 0 aliphatic heterocycles. The molecule has 31 heavy (non-hydrogen) atoms. The number of hydrogen-bond acceptors (Lipinski definition) is 3. The van der Waals surface area contributed by atoms with Gasteiger partial charge in [0, 0.05) is 51.3 Å². The lowest BCUT2D eigenvalue weighted by atomic mass is 10.1. The van der Waals surface area contributed by atoms with Gasteiger partial charge in [-0.2, -0.15) is 0 Å². The van der Waals surface area contributed by atoms with Crippen LogP contribution >= 0.6 is 0 Å². The van der Waals surface area contributed by atoms with Gasteiger partial charge in [-0.1, -0.05) is 24.3 Å². The number of likely N-dealkylation sites (N-methyl/N-ethyl adjacent to an activating group) is 1. The van der Waals surface area contributed by atoms with Crippen LogP contribution in [-0.4, -0.2) is 56.0 Å². The number of H-pyrrole nitrogens is 1. The average Bonchev–Trinajstić information content (AvgIpc) is 3.16. The van der Waals surface area contributed by atoms with E-state index >= 15 is 0 Å². The highest BCUT2D eigenvalue weighted by Gasteiger charge is 2.07. The number of fused-ring (bicyclic) bond motifs is 1. The maximum atomic E-state index is 11.7. The summed E-state index contributed by atoms with van der Waals surface area (Å²) in [5.74, 6) is 1.34. The summed E-state index contributed by atoms with van der Waals surface area (Å²) in [4.78, 5) is 20.9. The highest BCUT2D eigenvalue weighted by Crippen LogP contribution is 2.19. The van der Waals surface area contributed by atoms with E-state index < -0.39 is 0 Å². The topological polar surface area (TPSA) is 81.7 Å². The normalized spacial score (nSPS) is 11.4. The van der Waals surface area contributed by atoms with Gasteiger partial charge in [0.05, 0.1) is 0 Å². The van der Waals surface area contributed by atoms with Crippen LogP contribution in [0.3, 0.4) is 0 Å². The molecule has 3 rings (SSSR count). The molecule has 1 aromatic heterocycles. The van der Waals surface area contributed by atoms with Crippen LogP contribution in [0.2, 0.25) is 0 Å². The van der Waals surface area contributed by atoms with E-state index in [0.717, 1.165) is 24.5 Å². The van der Waals surface area contributed by atoms with Crippen LogP contribution in [-0.2, 0) is 17.8 Å². The van der Waals surface area contributed by atoms with Crippen molar-refractivity contribution in [3.8, 4) is 5.75 Å². The van der Waals surface area contributed by atoms with Crippen molar-refractivity contribution in [3.05, 3.63) is 65.4 Å². The highest BCUT2D eigenvalue weighted by atomic mass is 16.5. The Labute approximate surface area is 183 Å². The zero-order chi connectivity index (χ0) is 22.2. The van der Waals surface area contributed by atoms with Crippen LogP contribution in [0.4, 0.5) is 0 Å². The number of ether oxygens (including phenoxy) is 1. The summed E-state index contributed by atoms with van der Waals surface area (Å²) in [6.07, 6.45) is 2.97. The van der Waals surface area contributed by atoms with E-state index in [1.54, 1.807) is 21.1 Å². The van der Waals surface area contributed by atoms with Gasteiger partial charge in [0.15, 0.2) is 12.6 Å². The lowest BCUT2D eigenvalue weighted by Crippen LogP contribution is -2.37. The number of aromatic nitrogens is 1. The molecule has 0 unspecified atom stereocenters. The van der Waals surface area contributed by atoms with Gasteiger partial charge in [0.2, 0.25) is 0 Å². The zero-order valence-electron chi connectivity index (χ0n) is 18.7. The molecular weight excluding hydrogens is 390 g/mol. The van der Waals surface area contributed by atoms with Crippen LogP contribution in [0, 0.1) is 6.92 Å². The van der Waals surface area contributed by atoms with E-state index in [-0.39, 0.29) is 12.5 Å². The van der Waals surface area contributed by atoms with Crippen molar-refractivity contribution in [2.75, 3.05) is 34.3 Å². The zero-order valence-corrected chi connectivity index (χ0v) is 18.7. The summed E-state index contributed by atoms with van der Waals surface area (Å²) in [6.45, 7) is 3.50. The molecule has 0 aliphatic rings. The summed E-state index contributed by atoms with van der Waals surface area (Å²) in [6, 6.07) is 14.2. The number of nitrogens with one attached hydrogen (secondary N) is 3. The number of amides is 1. The minimum Gasteiger partial charge on any atom is -0.484 e. The molecule has 0 atom stereocenters. The van der Waals surface area contributed by atoms with Crippen molar-refractivity contribution in [1.82, 2.24) is 20.5 Å². The Bertz CT molecular complexity index is 1060. The minimum atomic E-state index is -0.0709. The fourth-order valence-corrected chi connectivity index (χ4v) is 3.25. The van der Waals surface area contributed by atoms with Crippen LogP contribution in [0.25, 0.3) is 10.9 Å². The van der Waals surface area contributed by atoms with Crippen molar-refractivity contribution >= 4 is 22.8 Å². The number of aromatic amines is 1. The molecule has 0 spiro atoms. The van der Waals surface area contributed by atoms with Gasteiger partial charge in [0.1, 0.15) is 5.75 Å². The van der Waals surface area contributed by atoms with E-state index in [2.05, 4.69) is 51.9 Å². The minimum absolute atomic E-state index is 0.0283. The number of aliphatic imine (C=N–C) groups is 1. The van der Waals surface area contributed by atoms with Crippen LogP contribution in [0.5, 0.6) is 5.75 Å². The van der Waals surface area contributed by atoms with Gasteiger partial charge in [-0.25, -0.2) is 0 Å². The fraction of sp³-hybridized carbons (Fsp3) is 0.333. The lowest BCUT2D eigenvalue weighted by Gasteiger charge is -2.14. The molecule has 0 saturated carbocycles. The van der Waals surface area contributed by atoms with Gasteiger partial charge < -0.3 is 25.3 Å². The summed E-state index contributed by atoms with van der Waals surface area (Å²) in [5, 5.41) is 7.95. The first-order valence-electron chi connectivity index (χ1n) is 10.4. The number of rotatable bonds is 8. The van der Waals surface area contributed by atoms with Crippen LogP contribution in [0.1, 0.15) is 16.7 Å². The standard InChI is InChI=1S/C24H31N5O2/c1-17-8-9-21-19(15-27-22(21)12-17)10-11-26-24(25-2)28-14-18-6-5-7-20(13-18)31-16-23(30)29(3)4/h5-9,12-13,15,27H,10-11,14,16H2,1-4H3,(H2,25,26,28). The van der Waals surface area contributed by atoms with E-state index in [4.69, 9.17) is 4.74 Å². The molecule has 0 bridgehead atoms.